The van der Waals surface area contributed by atoms with Gasteiger partial charge in [-0.3, -0.25) is 9.59 Å². The van der Waals surface area contributed by atoms with Crippen molar-refractivity contribution in [2.45, 2.75) is 25.2 Å². The molecule has 3 aromatic rings. The van der Waals surface area contributed by atoms with E-state index in [0.717, 1.165) is 6.07 Å². The number of aromatic nitrogens is 2. The molecular weight excluding hydrogens is 478 g/mol. The molecule has 0 bridgehead atoms. The van der Waals surface area contributed by atoms with E-state index in [1.807, 2.05) is 6.07 Å². The number of benzene rings is 2. The fourth-order valence-electron chi connectivity index (χ4n) is 3.58. The maximum Gasteiger partial charge on any atom is 0.287 e. The molecular formula is C24H22F2N4O6. The van der Waals surface area contributed by atoms with Gasteiger partial charge in [0.25, 0.3) is 11.5 Å². The summed E-state index contributed by atoms with van der Waals surface area (Å²) in [4.78, 5) is 31.8. The zero-order valence-corrected chi connectivity index (χ0v) is 19.2. The first kappa shape index (κ1) is 25.0. The molecule has 2 heterocycles. The minimum atomic E-state index is -0.761. The third-order valence-electron chi connectivity index (χ3n) is 5.46. The van der Waals surface area contributed by atoms with E-state index in [1.165, 1.54) is 31.4 Å². The number of carbonyl (C=O) groups excluding carboxylic acids is 1. The van der Waals surface area contributed by atoms with E-state index in [9.17, 15) is 18.4 Å². The van der Waals surface area contributed by atoms with Gasteiger partial charge in [0.05, 0.1) is 44.6 Å². The smallest absolute Gasteiger partial charge is 0.287 e. The summed E-state index contributed by atoms with van der Waals surface area (Å²) in [5, 5.41) is 11.3. The van der Waals surface area contributed by atoms with Crippen LogP contribution in [0.25, 0.3) is 10.9 Å². The van der Waals surface area contributed by atoms with Crippen LogP contribution >= 0.6 is 0 Å². The number of methoxy groups -OCH3 is 1. The number of hydrogen-bond donors (Lipinski definition) is 2. The number of aromatic amines is 1. The van der Waals surface area contributed by atoms with Gasteiger partial charge in [-0.1, -0.05) is 6.07 Å². The van der Waals surface area contributed by atoms with Crippen molar-refractivity contribution >= 4 is 16.8 Å². The van der Waals surface area contributed by atoms with Crippen LogP contribution in [0, 0.1) is 23.0 Å². The van der Waals surface area contributed by atoms with Crippen LogP contribution in [0.5, 0.6) is 11.5 Å². The van der Waals surface area contributed by atoms with Crippen LogP contribution in [0.3, 0.4) is 0 Å². The second-order valence-corrected chi connectivity index (χ2v) is 7.88. The van der Waals surface area contributed by atoms with Crippen LogP contribution in [0.2, 0.25) is 0 Å². The highest BCUT2D eigenvalue weighted by atomic mass is 19.1. The lowest BCUT2D eigenvalue weighted by Gasteiger charge is -2.26. The summed E-state index contributed by atoms with van der Waals surface area (Å²) in [6.45, 7) is 0.374. The van der Waals surface area contributed by atoms with Gasteiger partial charge in [-0.25, -0.2) is 13.8 Å². The van der Waals surface area contributed by atoms with Crippen molar-refractivity contribution < 1.29 is 32.5 Å². The zero-order chi connectivity index (χ0) is 25.7. The van der Waals surface area contributed by atoms with Crippen molar-refractivity contribution in [3.05, 3.63) is 63.7 Å². The third-order valence-corrected chi connectivity index (χ3v) is 5.46. The lowest BCUT2D eigenvalue weighted by molar-refractivity contribution is -0.118. The molecule has 0 saturated carbocycles. The standard InChI is InChI=1S/C24H22F2N4O6/c1-33-19-8-13(2-3-16(19)25)10-28-24(32)22-29-18-5-4-17(26)21(20(18)23(31)30-22)34-7-6-14-11-36-15(9-27)12-35-14/h2-5,8,14-15H,6-7,10-12H2,1H3,(H,28,32)(H,29,30,31). The Hall–Kier alpha value is -4.08. The Labute approximate surface area is 203 Å². The highest BCUT2D eigenvalue weighted by Crippen LogP contribution is 2.26. The molecule has 1 saturated heterocycles. The van der Waals surface area contributed by atoms with Crippen LogP contribution in [-0.2, 0) is 16.0 Å². The number of hydrogen-bond acceptors (Lipinski definition) is 8. The predicted molar refractivity (Wildman–Crippen MR) is 122 cm³/mol. The first-order chi connectivity index (χ1) is 17.4. The van der Waals surface area contributed by atoms with E-state index in [1.54, 1.807) is 0 Å². The highest BCUT2D eigenvalue weighted by molar-refractivity contribution is 5.93. The van der Waals surface area contributed by atoms with Gasteiger partial charge in [-0.05, 0) is 29.8 Å². The number of rotatable bonds is 8. The normalized spacial score (nSPS) is 17.4. The second kappa shape index (κ2) is 11.1. The van der Waals surface area contributed by atoms with Crippen molar-refractivity contribution in [1.29, 1.82) is 5.26 Å². The summed E-state index contributed by atoms with van der Waals surface area (Å²) >= 11 is 0. The molecule has 0 aliphatic carbocycles. The number of carbonyl (C=O) groups is 1. The Balaban J connectivity index is 1.45. The first-order valence-electron chi connectivity index (χ1n) is 11.0. The van der Waals surface area contributed by atoms with Crippen molar-refractivity contribution in [1.82, 2.24) is 15.3 Å². The van der Waals surface area contributed by atoms with E-state index < -0.39 is 29.2 Å². The van der Waals surface area contributed by atoms with Crippen LogP contribution in [0.1, 0.15) is 22.6 Å². The van der Waals surface area contributed by atoms with Crippen LogP contribution in [0.4, 0.5) is 8.78 Å². The summed E-state index contributed by atoms with van der Waals surface area (Å²) in [5.74, 6) is -2.53. The topological polar surface area (TPSA) is 136 Å². The molecule has 2 aromatic carbocycles. The van der Waals surface area contributed by atoms with Crippen molar-refractivity contribution in [3.63, 3.8) is 0 Å². The first-order valence-corrected chi connectivity index (χ1v) is 11.0. The summed E-state index contributed by atoms with van der Waals surface area (Å²) in [6.07, 6.45) is -0.610. The van der Waals surface area contributed by atoms with Crippen molar-refractivity contribution in [2.24, 2.45) is 0 Å². The van der Waals surface area contributed by atoms with Gasteiger partial charge in [0.1, 0.15) is 5.39 Å². The number of H-pyrrole nitrogens is 1. The number of nitrogens with one attached hydrogen (secondary N) is 2. The van der Waals surface area contributed by atoms with Crippen molar-refractivity contribution in [2.75, 3.05) is 26.9 Å². The Bertz CT molecular complexity index is 1370. The number of ether oxygens (including phenoxy) is 4. The fraction of sp³-hybridized carbons (Fsp3) is 0.333. The summed E-state index contributed by atoms with van der Waals surface area (Å²) in [5.41, 5.74) is -0.118. The lowest BCUT2D eigenvalue weighted by Crippen LogP contribution is -2.35. The Morgan fingerprint density at radius 2 is 2.06 bits per heavy atom. The minimum absolute atomic E-state index is 0.0179. The van der Waals surface area contributed by atoms with Gasteiger partial charge in [-0.2, -0.15) is 5.26 Å². The van der Waals surface area contributed by atoms with E-state index in [0.29, 0.717) is 12.0 Å². The van der Waals surface area contributed by atoms with Gasteiger partial charge in [-0.15, -0.1) is 0 Å². The summed E-state index contributed by atoms with van der Waals surface area (Å²) in [6, 6.07) is 8.45. The molecule has 1 amide bonds. The van der Waals surface area contributed by atoms with E-state index in [2.05, 4.69) is 15.3 Å². The molecule has 1 aliphatic rings. The zero-order valence-electron chi connectivity index (χ0n) is 19.2. The molecule has 2 N–H and O–H groups in total. The minimum Gasteiger partial charge on any atom is -0.494 e. The van der Waals surface area contributed by atoms with Gasteiger partial charge in [0, 0.05) is 13.0 Å². The molecule has 0 radical (unpaired) electrons. The average molecular weight is 500 g/mol. The number of halogens is 2. The second-order valence-electron chi connectivity index (χ2n) is 7.88. The number of fused-ring (bicyclic) bond motifs is 1. The van der Waals surface area contributed by atoms with Gasteiger partial charge >= 0.3 is 0 Å². The molecule has 0 spiro atoms. The molecule has 188 valence electrons. The van der Waals surface area contributed by atoms with E-state index in [4.69, 9.17) is 24.2 Å². The number of nitrogens with zero attached hydrogens (tertiary/aromatic N) is 2. The van der Waals surface area contributed by atoms with E-state index >= 15 is 0 Å². The lowest BCUT2D eigenvalue weighted by atomic mass is 10.2. The molecule has 1 aliphatic heterocycles. The van der Waals surface area contributed by atoms with E-state index in [-0.39, 0.29) is 60.7 Å². The summed E-state index contributed by atoms with van der Waals surface area (Å²) in [7, 11) is 1.33. The van der Waals surface area contributed by atoms with Gasteiger partial charge < -0.3 is 29.2 Å². The Morgan fingerprint density at radius 1 is 1.25 bits per heavy atom. The Kier molecular flexibility index (Phi) is 7.72. The monoisotopic (exact) mass is 500 g/mol. The number of amides is 1. The molecule has 1 fully saturated rings. The van der Waals surface area contributed by atoms with Crippen LogP contribution < -0.4 is 20.3 Å². The molecule has 36 heavy (non-hydrogen) atoms. The molecule has 1 aromatic heterocycles. The number of nitriles is 1. The highest BCUT2D eigenvalue weighted by Gasteiger charge is 2.23. The predicted octanol–water partition coefficient (Wildman–Crippen LogP) is 2.22. The van der Waals surface area contributed by atoms with Gasteiger partial charge in [0.2, 0.25) is 0 Å². The molecule has 12 heteroatoms. The van der Waals surface area contributed by atoms with Crippen molar-refractivity contribution in [3.8, 4) is 17.6 Å². The SMILES string of the molecule is COc1cc(CNC(=O)c2nc3ccc(F)c(OCCC4COC(C#N)CO4)c3c(=O)[nH]2)ccc1F. The van der Waals surface area contributed by atoms with Crippen LogP contribution in [0.15, 0.2) is 35.1 Å². The molecule has 2 unspecified atom stereocenters. The van der Waals surface area contributed by atoms with Crippen LogP contribution in [-0.4, -0.2) is 55.0 Å². The average Bonchev–Trinajstić information content (AvgIpc) is 2.89. The van der Waals surface area contributed by atoms with Gasteiger partial charge in [0.15, 0.2) is 35.1 Å². The fourth-order valence-corrected chi connectivity index (χ4v) is 3.58. The Morgan fingerprint density at radius 3 is 2.78 bits per heavy atom. The molecule has 2 atom stereocenters. The molecule has 4 rings (SSSR count). The maximum atomic E-state index is 14.5. The molecule has 10 nitrogen and oxygen atoms in total. The quantitative estimate of drug-likeness (QED) is 0.481. The summed E-state index contributed by atoms with van der Waals surface area (Å²) < 4.78 is 49.4. The largest absolute Gasteiger partial charge is 0.494 e. The maximum absolute atomic E-state index is 14.5. The third kappa shape index (κ3) is 5.59.